The Morgan fingerprint density at radius 3 is 2.47 bits per heavy atom. The van der Waals surface area contributed by atoms with Crippen LogP contribution in [-0.2, 0) is 9.53 Å². The zero-order valence-electron chi connectivity index (χ0n) is 22.7. The van der Waals surface area contributed by atoms with Crippen LogP contribution in [0.25, 0.3) is 6.08 Å². The summed E-state index contributed by atoms with van der Waals surface area (Å²) in [6, 6.07) is 13.6. The molecule has 3 aromatic rings. The summed E-state index contributed by atoms with van der Waals surface area (Å²) in [6.45, 7) is 8.39. The molecule has 0 amide bonds. The summed E-state index contributed by atoms with van der Waals surface area (Å²) in [6.07, 6.45) is 3.33. The number of rotatable bonds is 8. The zero-order valence-corrected chi connectivity index (χ0v) is 25.1. The molecular formula is C30H34BrN3O3S. The first kappa shape index (κ1) is 28.0. The third-order valence-electron chi connectivity index (χ3n) is 6.56. The molecule has 2 aromatic carbocycles. The van der Waals surface area contributed by atoms with Crippen LogP contribution in [0.2, 0.25) is 0 Å². The van der Waals surface area contributed by atoms with Gasteiger partial charge >= 0.3 is 5.97 Å². The van der Waals surface area contributed by atoms with Crippen molar-refractivity contribution in [1.29, 1.82) is 0 Å². The summed E-state index contributed by atoms with van der Waals surface area (Å²) in [7, 11) is 3.97. The second-order valence-electron chi connectivity index (χ2n) is 9.84. The van der Waals surface area contributed by atoms with E-state index in [2.05, 4.69) is 48.8 Å². The van der Waals surface area contributed by atoms with Gasteiger partial charge in [-0.25, -0.2) is 9.79 Å². The number of ether oxygens (including phenoxy) is 1. The maximum atomic E-state index is 13.9. The van der Waals surface area contributed by atoms with Crippen molar-refractivity contribution in [2.75, 3.05) is 25.6 Å². The maximum Gasteiger partial charge on any atom is 0.338 e. The number of carbonyl (C=O) groups is 1. The van der Waals surface area contributed by atoms with E-state index in [1.54, 1.807) is 11.5 Å². The first-order valence-electron chi connectivity index (χ1n) is 12.9. The van der Waals surface area contributed by atoms with Crippen molar-refractivity contribution in [3.05, 3.63) is 94.6 Å². The van der Waals surface area contributed by atoms with Gasteiger partial charge in [-0.1, -0.05) is 68.9 Å². The van der Waals surface area contributed by atoms with Crippen LogP contribution < -0.4 is 19.8 Å². The van der Waals surface area contributed by atoms with E-state index in [4.69, 9.17) is 9.73 Å². The van der Waals surface area contributed by atoms with Crippen LogP contribution in [-0.4, -0.2) is 31.2 Å². The number of aromatic nitrogens is 1. The summed E-state index contributed by atoms with van der Waals surface area (Å²) < 4.78 is 8.66. The van der Waals surface area contributed by atoms with Crippen molar-refractivity contribution in [3.8, 4) is 0 Å². The predicted molar refractivity (Wildman–Crippen MR) is 159 cm³/mol. The summed E-state index contributed by atoms with van der Waals surface area (Å²) in [5.74, 6) is -0.0462. The highest BCUT2D eigenvalue weighted by Crippen LogP contribution is 2.33. The fourth-order valence-electron chi connectivity index (χ4n) is 4.63. The van der Waals surface area contributed by atoms with E-state index in [0.29, 0.717) is 32.9 Å². The van der Waals surface area contributed by atoms with Crippen LogP contribution in [0.3, 0.4) is 0 Å². The summed E-state index contributed by atoms with van der Waals surface area (Å²) in [4.78, 5) is 34.7. The molecule has 0 spiro atoms. The summed E-state index contributed by atoms with van der Waals surface area (Å²) in [5.41, 5.74) is 4.99. The molecule has 0 fully saturated rings. The Morgan fingerprint density at radius 2 is 1.89 bits per heavy atom. The molecule has 8 heteroatoms. The Morgan fingerprint density at radius 1 is 1.18 bits per heavy atom. The van der Waals surface area contributed by atoms with Crippen LogP contribution in [0.15, 0.2) is 68.0 Å². The first-order chi connectivity index (χ1) is 18.2. The number of nitrogens with zero attached hydrogens (tertiary/aromatic N) is 3. The van der Waals surface area contributed by atoms with E-state index in [0.717, 1.165) is 27.7 Å². The van der Waals surface area contributed by atoms with E-state index in [9.17, 15) is 9.59 Å². The van der Waals surface area contributed by atoms with E-state index in [1.165, 1.54) is 16.9 Å². The molecule has 38 heavy (non-hydrogen) atoms. The minimum Gasteiger partial charge on any atom is -0.463 e. The second kappa shape index (κ2) is 11.8. The van der Waals surface area contributed by atoms with E-state index >= 15 is 0 Å². The molecular weight excluding hydrogens is 562 g/mol. The lowest BCUT2D eigenvalue weighted by Gasteiger charge is -2.26. The van der Waals surface area contributed by atoms with Gasteiger partial charge in [0.1, 0.15) is 0 Å². The average Bonchev–Trinajstić information content (AvgIpc) is 3.17. The van der Waals surface area contributed by atoms with Crippen LogP contribution >= 0.6 is 27.3 Å². The van der Waals surface area contributed by atoms with Gasteiger partial charge < -0.3 is 9.64 Å². The SMILES string of the molecule is CCCC1=C(C(=O)OCC)[C@H](c2ccc(C(C)C)cc2)n2c(s/c(=C\c3ccc(N(C)C)c(Br)c3)c2=O)=N1. The molecule has 0 bridgehead atoms. The highest BCUT2D eigenvalue weighted by Gasteiger charge is 2.34. The molecule has 0 N–H and O–H groups in total. The second-order valence-corrected chi connectivity index (χ2v) is 11.7. The number of esters is 1. The fraction of sp³-hybridized carbons (Fsp3) is 0.367. The molecule has 1 aliphatic rings. The van der Waals surface area contributed by atoms with E-state index in [1.807, 2.05) is 55.4 Å². The van der Waals surface area contributed by atoms with Gasteiger partial charge in [-0.3, -0.25) is 9.36 Å². The van der Waals surface area contributed by atoms with Gasteiger partial charge in [-0.05, 0) is 70.1 Å². The van der Waals surface area contributed by atoms with Gasteiger partial charge in [0, 0.05) is 18.6 Å². The normalized spacial score (nSPS) is 15.5. The summed E-state index contributed by atoms with van der Waals surface area (Å²) >= 11 is 4.99. The Bertz CT molecular complexity index is 1550. The Kier molecular flexibility index (Phi) is 8.73. The molecule has 6 nitrogen and oxygen atoms in total. The maximum absolute atomic E-state index is 13.9. The standard InChI is InChI=1S/C30H34BrN3O3S/c1-7-9-23-26(29(36)37-8-2)27(21-13-11-20(12-14-21)18(3)4)34-28(35)25(38-30(34)32-23)17-19-10-15-24(33(5)6)22(31)16-19/h10-18,27H,7-9H2,1-6H3/b25-17-/t27-/m0/s1. The molecule has 0 radical (unpaired) electrons. The van der Waals surface area contributed by atoms with Crippen molar-refractivity contribution in [2.24, 2.45) is 4.99 Å². The molecule has 0 unspecified atom stereocenters. The highest BCUT2D eigenvalue weighted by molar-refractivity contribution is 9.10. The van der Waals surface area contributed by atoms with Gasteiger partial charge in [-0.15, -0.1) is 0 Å². The molecule has 0 saturated heterocycles. The van der Waals surface area contributed by atoms with Gasteiger partial charge in [0.2, 0.25) is 0 Å². The van der Waals surface area contributed by atoms with Crippen LogP contribution in [0.4, 0.5) is 5.69 Å². The quantitative estimate of drug-likeness (QED) is 0.321. The number of hydrogen-bond acceptors (Lipinski definition) is 6. The average molecular weight is 597 g/mol. The molecule has 2 heterocycles. The largest absolute Gasteiger partial charge is 0.463 e. The molecule has 1 aromatic heterocycles. The lowest BCUT2D eigenvalue weighted by Crippen LogP contribution is -2.40. The highest BCUT2D eigenvalue weighted by atomic mass is 79.9. The predicted octanol–water partition coefficient (Wildman–Crippen LogP) is 5.53. The smallest absolute Gasteiger partial charge is 0.338 e. The lowest BCUT2D eigenvalue weighted by atomic mass is 9.92. The number of thiazole rings is 1. The minimum absolute atomic E-state index is 0.170. The van der Waals surface area contributed by atoms with Gasteiger partial charge in [0.05, 0.1) is 34.1 Å². The van der Waals surface area contributed by atoms with Crippen molar-refractivity contribution < 1.29 is 9.53 Å². The number of benzene rings is 2. The summed E-state index contributed by atoms with van der Waals surface area (Å²) in [5, 5.41) is 0. The topological polar surface area (TPSA) is 63.9 Å². The number of halogens is 1. The van der Waals surface area contributed by atoms with Gasteiger partial charge in [0.15, 0.2) is 4.80 Å². The lowest BCUT2D eigenvalue weighted by molar-refractivity contribution is -0.139. The molecule has 0 saturated carbocycles. The molecule has 4 rings (SSSR count). The van der Waals surface area contributed by atoms with Crippen molar-refractivity contribution in [2.45, 2.75) is 52.5 Å². The number of allylic oxidation sites excluding steroid dienone is 1. The number of hydrogen-bond donors (Lipinski definition) is 0. The van der Waals surface area contributed by atoms with Crippen molar-refractivity contribution in [3.63, 3.8) is 0 Å². The Balaban J connectivity index is 1.95. The fourth-order valence-corrected chi connectivity index (χ4v) is 6.40. The molecule has 200 valence electrons. The molecule has 1 aliphatic heterocycles. The molecule has 1 atom stereocenters. The minimum atomic E-state index is -0.599. The Hall–Kier alpha value is -2.97. The number of anilines is 1. The van der Waals surface area contributed by atoms with Gasteiger partial charge in [0.25, 0.3) is 5.56 Å². The number of fused-ring (bicyclic) bond motifs is 1. The Labute approximate surface area is 236 Å². The van der Waals surface area contributed by atoms with Crippen molar-refractivity contribution in [1.82, 2.24) is 4.57 Å². The van der Waals surface area contributed by atoms with Crippen LogP contribution in [0, 0.1) is 0 Å². The first-order valence-corrected chi connectivity index (χ1v) is 14.6. The van der Waals surface area contributed by atoms with Crippen LogP contribution in [0.5, 0.6) is 0 Å². The monoisotopic (exact) mass is 595 g/mol. The third kappa shape index (κ3) is 5.57. The van der Waals surface area contributed by atoms with Crippen LogP contribution in [0.1, 0.15) is 69.2 Å². The molecule has 0 aliphatic carbocycles. The van der Waals surface area contributed by atoms with E-state index < -0.39 is 12.0 Å². The van der Waals surface area contributed by atoms with E-state index in [-0.39, 0.29) is 12.2 Å². The number of carbonyl (C=O) groups excluding carboxylic acids is 1. The van der Waals surface area contributed by atoms with Gasteiger partial charge in [-0.2, -0.15) is 0 Å². The zero-order chi connectivity index (χ0) is 27.6. The third-order valence-corrected chi connectivity index (χ3v) is 8.18. The van der Waals surface area contributed by atoms with Crippen molar-refractivity contribution >= 4 is 45.0 Å².